The first kappa shape index (κ1) is 23.6. The summed E-state index contributed by atoms with van der Waals surface area (Å²) in [5, 5.41) is 36.8. The van der Waals surface area contributed by atoms with E-state index in [4.69, 9.17) is 20.6 Å². The second-order valence-corrected chi connectivity index (χ2v) is 6.12. The molecule has 0 spiro atoms. The van der Waals surface area contributed by atoms with Crippen LogP contribution in [0.2, 0.25) is 0 Å². The summed E-state index contributed by atoms with van der Waals surface area (Å²) in [5.41, 5.74) is 5.16. The zero-order chi connectivity index (χ0) is 19.8. The van der Waals surface area contributed by atoms with Crippen molar-refractivity contribution in [2.24, 2.45) is 5.73 Å². The first-order valence-corrected chi connectivity index (χ1v) is 8.30. The SMILES string of the molecule is N[C@@H](CCC(=O)OCC(O)C(=O)[C@H](O)[C@H](O)COP(=O)(O)O)C(=O)O. The van der Waals surface area contributed by atoms with Crippen LogP contribution in [-0.4, -0.2) is 85.5 Å². The largest absolute Gasteiger partial charge is 0.480 e. The highest BCUT2D eigenvalue weighted by molar-refractivity contribution is 7.46. The van der Waals surface area contributed by atoms with Gasteiger partial charge >= 0.3 is 19.8 Å². The monoisotopic (exact) mass is 389 g/mol. The molecule has 0 aliphatic rings. The highest BCUT2D eigenvalue weighted by Gasteiger charge is 2.32. The van der Waals surface area contributed by atoms with Gasteiger partial charge in [-0.25, -0.2) is 4.57 Å². The molecule has 0 saturated heterocycles. The van der Waals surface area contributed by atoms with Gasteiger partial charge in [0.05, 0.1) is 6.61 Å². The summed E-state index contributed by atoms with van der Waals surface area (Å²) in [6.45, 7) is -1.97. The maximum atomic E-state index is 11.6. The summed E-state index contributed by atoms with van der Waals surface area (Å²) >= 11 is 0. The fraction of sp³-hybridized carbons (Fsp3) is 0.727. The number of phosphoric ester groups is 1. The van der Waals surface area contributed by atoms with Crippen molar-refractivity contribution in [2.75, 3.05) is 13.2 Å². The highest BCUT2D eigenvalue weighted by Crippen LogP contribution is 2.35. The average molecular weight is 389 g/mol. The summed E-state index contributed by atoms with van der Waals surface area (Å²) in [7, 11) is -4.93. The lowest BCUT2D eigenvalue weighted by molar-refractivity contribution is -0.154. The van der Waals surface area contributed by atoms with Gasteiger partial charge in [0.25, 0.3) is 0 Å². The zero-order valence-corrected chi connectivity index (χ0v) is 13.7. The summed E-state index contributed by atoms with van der Waals surface area (Å²) in [6, 6.07) is -1.29. The number of carbonyl (C=O) groups excluding carboxylic acids is 2. The van der Waals surface area contributed by atoms with E-state index in [2.05, 4.69) is 9.26 Å². The molecule has 8 N–H and O–H groups in total. The minimum Gasteiger partial charge on any atom is -0.480 e. The molecule has 4 atom stereocenters. The van der Waals surface area contributed by atoms with Crippen LogP contribution in [-0.2, 0) is 28.2 Å². The van der Waals surface area contributed by atoms with E-state index >= 15 is 0 Å². The molecule has 0 aromatic rings. The summed E-state index contributed by atoms with van der Waals surface area (Å²) in [5.74, 6) is -3.65. The molecule has 14 heteroatoms. The number of aliphatic hydroxyl groups excluding tert-OH is 3. The lowest BCUT2D eigenvalue weighted by atomic mass is 10.1. The van der Waals surface area contributed by atoms with E-state index < -0.39 is 69.5 Å². The van der Waals surface area contributed by atoms with Crippen LogP contribution >= 0.6 is 7.82 Å². The Morgan fingerprint density at radius 1 is 1.08 bits per heavy atom. The number of Topliss-reactive ketones (excluding diaryl/α,β-unsaturated/α-hetero) is 1. The first-order valence-electron chi connectivity index (χ1n) is 6.77. The third kappa shape index (κ3) is 10.2. The van der Waals surface area contributed by atoms with Gasteiger partial charge in [-0.05, 0) is 6.42 Å². The molecule has 0 fully saturated rings. The number of aliphatic carboxylic acids is 1. The van der Waals surface area contributed by atoms with Crippen molar-refractivity contribution in [3.05, 3.63) is 0 Å². The fourth-order valence-electron chi connectivity index (χ4n) is 1.37. The van der Waals surface area contributed by atoms with E-state index in [1.807, 2.05) is 0 Å². The van der Waals surface area contributed by atoms with Crippen molar-refractivity contribution >= 4 is 25.5 Å². The van der Waals surface area contributed by atoms with Gasteiger partial charge in [0, 0.05) is 6.42 Å². The number of carboxylic acid groups (broad SMARTS) is 1. The van der Waals surface area contributed by atoms with Gasteiger partial charge in [-0.1, -0.05) is 0 Å². The van der Waals surface area contributed by atoms with Gasteiger partial charge in [0.2, 0.25) is 0 Å². The number of aliphatic hydroxyl groups is 3. The van der Waals surface area contributed by atoms with E-state index in [1.165, 1.54) is 0 Å². The molecule has 1 unspecified atom stereocenters. The number of nitrogens with two attached hydrogens (primary N) is 1. The third-order valence-corrected chi connectivity index (χ3v) is 3.26. The molecule has 146 valence electrons. The molecule has 0 rings (SSSR count). The number of esters is 1. The van der Waals surface area contributed by atoms with Gasteiger partial charge in [-0.2, -0.15) is 0 Å². The number of rotatable bonds is 12. The molecule has 0 aromatic heterocycles. The fourth-order valence-corrected chi connectivity index (χ4v) is 1.72. The Kier molecular flexibility index (Phi) is 9.92. The van der Waals surface area contributed by atoms with Crippen molar-refractivity contribution < 1.29 is 58.4 Å². The maximum Gasteiger partial charge on any atom is 0.469 e. The standard InChI is InChI=1S/C11H20NO12P/c12-5(11(18)19)1-2-8(15)23-3-6(13)9(16)10(17)7(14)4-24-25(20,21)22/h5-7,10,13-14,17H,1-4,12H2,(H,18,19)(H2,20,21,22)/t5-,6?,7+,10+/m0/s1. The summed E-state index contributed by atoms with van der Waals surface area (Å²) in [6.07, 6.45) is -6.95. The van der Waals surface area contributed by atoms with Crippen molar-refractivity contribution in [2.45, 2.75) is 37.2 Å². The number of ketones is 1. The lowest BCUT2D eigenvalue weighted by Crippen LogP contribution is -2.44. The Morgan fingerprint density at radius 2 is 1.64 bits per heavy atom. The van der Waals surface area contributed by atoms with Crippen LogP contribution in [0.15, 0.2) is 0 Å². The number of carboxylic acids is 1. The van der Waals surface area contributed by atoms with Gasteiger partial charge in [-0.15, -0.1) is 0 Å². The zero-order valence-electron chi connectivity index (χ0n) is 12.8. The lowest BCUT2D eigenvalue weighted by Gasteiger charge is -2.19. The van der Waals surface area contributed by atoms with Gasteiger partial charge < -0.3 is 40.7 Å². The van der Waals surface area contributed by atoms with E-state index in [1.54, 1.807) is 0 Å². The van der Waals surface area contributed by atoms with E-state index in [0.717, 1.165) is 0 Å². The van der Waals surface area contributed by atoms with Crippen molar-refractivity contribution in [3.63, 3.8) is 0 Å². The number of carbonyl (C=O) groups is 3. The number of hydrogen-bond donors (Lipinski definition) is 7. The molecule has 0 aliphatic heterocycles. The van der Waals surface area contributed by atoms with Crippen molar-refractivity contribution in [1.82, 2.24) is 0 Å². The van der Waals surface area contributed by atoms with E-state index in [-0.39, 0.29) is 6.42 Å². The van der Waals surface area contributed by atoms with Crippen molar-refractivity contribution in [3.8, 4) is 0 Å². The molecule has 0 radical (unpaired) electrons. The van der Waals surface area contributed by atoms with Gasteiger partial charge in [-0.3, -0.25) is 18.9 Å². The Labute approximate surface area is 141 Å². The number of hydrogen-bond acceptors (Lipinski definition) is 10. The molecular formula is C11H20NO12P. The predicted molar refractivity (Wildman–Crippen MR) is 76.8 cm³/mol. The van der Waals surface area contributed by atoms with E-state index in [0.29, 0.717) is 0 Å². The molecule has 0 saturated carbocycles. The van der Waals surface area contributed by atoms with Crippen LogP contribution in [0.25, 0.3) is 0 Å². The quantitative estimate of drug-likeness (QED) is 0.127. The maximum absolute atomic E-state index is 11.6. The second-order valence-electron chi connectivity index (χ2n) is 4.88. The predicted octanol–water partition coefficient (Wildman–Crippen LogP) is -3.52. The van der Waals surface area contributed by atoms with E-state index in [9.17, 15) is 34.3 Å². The molecule has 0 amide bonds. The van der Waals surface area contributed by atoms with Gasteiger partial charge in [0.1, 0.15) is 31.0 Å². The van der Waals surface area contributed by atoms with Crippen LogP contribution in [0.1, 0.15) is 12.8 Å². The molecule has 25 heavy (non-hydrogen) atoms. The van der Waals surface area contributed by atoms with Crippen LogP contribution < -0.4 is 5.73 Å². The molecule has 0 heterocycles. The number of phosphoric acid groups is 1. The summed E-state index contributed by atoms with van der Waals surface area (Å²) in [4.78, 5) is 50.2. The first-order chi connectivity index (χ1) is 11.3. The van der Waals surface area contributed by atoms with Crippen LogP contribution in [0, 0.1) is 0 Å². The average Bonchev–Trinajstić information content (AvgIpc) is 2.52. The van der Waals surface area contributed by atoms with Crippen LogP contribution in [0.3, 0.4) is 0 Å². The Morgan fingerprint density at radius 3 is 2.12 bits per heavy atom. The minimum atomic E-state index is -4.93. The topological polar surface area (TPSA) is 234 Å². The second kappa shape index (κ2) is 10.5. The molecular weight excluding hydrogens is 369 g/mol. The van der Waals surface area contributed by atoms with Crippen LogP contribution in [0.5, 0.6) is 0 Å². The molecule has 0 aliphatic carbocycles. The summed E-state index contributed by atoms with van der Waals surface area (Å²) < 4.78 is 18.8. The minimum absolute atomic E-state index is 0.237. The van der Waals surface area contributed by atoms with Crippen LogP contribution in [0.4, 0.5) is 0 Å². The van der Waals surface area contributed by atoms with Crippen molar-refractivity contribution in [1.29, 1.82) is 0 Å². The Bertz CT molecular complexity index is 519. The van der Waals surface area contributed by atoms with Gasteiger partial charge in [0.15, 0.2) is 5.78 Å². The third-order valence-electron chi connectivity index (χ3n) is 2.78. The highest BCUT2D eigenvalue weighted by atomic mass is 31.2. The Balaban J connectivity index is 4.29. The molecule has 13 nitrogen and oxygen atoms in total. The number of ether oxygens (including phenoxy) is 1. The molecule has 0 aromatic carbocycles. The Hall–Kier alpha value is -1.44. The molecule has 0 bridgehead atoms. The normalized spacial score (nSPS) is 16.6. The smallest absolute Gasteiger partial charge is 0.469 e.